The summed E-state index contributed by atoms with van der Waals surface area (Å²) in [4.78, 5) is 27.7. The van der Waals surface area contributed by atoms with Gasteiger partial charge in [0.25, 0.3) is 0 Å². The number of carbonyl (C=O) groups excluding carboxylic acids is 2. The Morgan fingerprint density at radius 2 is 1.94 bits per heavy atom. The van der Waals surface area contributed by atoms with Gasteiger partial charge in [-0.05, 0) is 50.3 Å². The molecule has 0 amide bonds. The fraction of sp³-hybridized carbons (Fsp3) is 0.407. The van der Waals surface area contributed by atoms with Crippen LogP contribution in [-0.4, -0.2) is 38.2 Å². The summed E-state index contributed by atoms with van der Waals surface area (Å²) in [7, 11) is 1.65. The van der Waals surface area contributed by atoms with E-state index in [4.69, 9.17) is 14.2 Å². The molecule has 0 fully saturated rings. The van der Waals surface area contributed by atoms with E-state index in [1.807, 2.05) is 62.5 Å². The highest BCUT2D eigenvalue weighted by atomic mass is 32.1. The normalized spacial score (nSPS) is 20.3. The van der Waals surface area contributed by atoms with Crippen LogP contribution < -0.4 is 10.1 Å². The molecule has 2 heterocycles. The minimum Gasteiger partial charge on any atom is -0.496 e. The van der Waals surface area contributed by atoms with Crippen LogP contribution in [0.2, 0.25) is 0 Å². The fourth-order valence-corrected chi connectivity index (χ4v) is 5.61. The summed E-state index contributed by atoms with van der Waals surface area (Å²) in [6.07, 6.45) is 1.11. The second-order valence-electron chi connectivity index (χ2n) is 8.83. The van der Waals surface area contributed by atoms with Crippen molar-refractivity contribution in [3.63, 3.8) is 0 Å². The van der Waals surface area contributed by atoms with Crippen molar-refractivity contribution < 1.29 is 23.8 Å². The zero-order valence-corrected chi connectivity index (χ0v) is 20.9. The van der Waals surface area contributed by atoms with Crippen LogP contribution in [0.5, 0.6) is 5.75 Å². The van der Waals surface area contributed by atoms with E-state index in [-0.39, 0.29) is 24.4 Å². The Bertz CT molecular complexity index is 1120. The second kappa shape index (κ2) is 10.6. The lowest BCUT2D eigenvalue weighted by Crippen LogP contribution is -2.36. The van der Waals surface area contributed by atoms with Crippen molar-refractivity contribution in [2.24, 2.45) is 0 Å². The number of nitrogens with one attached hydrogen (secondary N) is 1. The molecule has 180 valence electrons. The summed E-state index contributed by atoms with van der Waals surface area (Å²) in [5, 5.41) is 5.36. The molecule has 1 aromatic heterocycles. The smallest absolute Gasteiger partial charge is 0.336 e. The molecule has 1 N–H and O–H groups in total. The quantitative estimate of drug-likeness (QED) is 0.418. The Morgan fingerprint density at radius 1 is 1.15 bits per heavy atom. The van der Waals surface area contributed by atoms with E-state index in [0.29, 0.717) is 30.6 Å². The summed E-state index contributed by atoms with van der Waals surface area (Å²) in [5.41, 5.74) is 3.79. The van der Waals surface area contributed by atoms with Crippen LogP contribution in [0.1, 0.15) is 55.9 Å². The first kappa shape index (κ1) is 24.2. The number of ketones is 1. The van der Waals surface area contributed by atoms with E-state index in [0.717, 1.165) is 27.6 Å². The van der Waals surface area contributed by atoms with Gasteiger partial charge in [0, 0.05) is 34.2 Å². The number of benzene rings is 1. The van der Waals surface area contributed by atoms with Crippen molar-refractivity contribution >= 4 is 23.1 Å². The first-order valence-electron chi connectivity index (χ1n) is 11.6. The van der Waals surface area contributed by atoms with Gasteiger partial charge < -0.3 is 19.5 Å². The maximum Gasteiger partial charge on any atom is 0.336 e. The standard InChI is InChI=1S/C27H31NO5S/c1-16(2)32-11-12-33-27(30)24-17(3)28-20-14-18(19-8-5-6-9-22(19)31-4)15-21(29)25(20)26(24)23-10-7-13-34-23/h5-10,13,16,18,26,28H,11-12,14-15H2,1-4H3/t18-,26+/m0/s1. The van der Waals surface area contributed by atoms with Crippen LogP contribution in [0.15, 0.2) is 64.3 Å². The van der Waals surface area contributed by atoms with Crippen molar-refractivity contribution in [3.8, 4) is 5.75 Å². The number of Topliss-reactive ketones (excluding diaryl/α,β-unsaturated/α-hetero) is 1. The zero-order valence-electron chi connectivity index (χ0n) is 20.1. The number of ether oxygens (including phenoxy) is 3. The van der Waals surface area contributed by atoms with Gasteiger partial charge >= 0.3 is 5.97 Å². The molecule has 1 aliphatic carbocycles. The molecular formula is C27H31NO5S. The van der Waals surface area contributed by atoms with Gasteiger partial charge in [0.15, 0.2) is 5.78 Å². The molecule has 1 aliphatic heterocycles. The number of allylic oxidation sites excluding steroid dienone is 3. The van der Waals surface area contributed by atoms with E-state index in [1.165, 1.54) is 0 Å². The molecule has 0 bridgehead atoms. The van der Waals surface area contributed by atoms with Crippen molar-refractivity contribution in [2.75, 3.05) is 20.3 Å². The lowest BCUT2D eigenvalue weighted by molar-refractivity contribution is -0.141. The molecule has 2 aromatic rings. The molecule has 1 aromatic carbocycles. The average molecular weight is 482 g/mol. The molecular weight excluding hydrogens is 450 g/mol. The minimum absolute atomic E-state index is 0.00775. The monoisotopic (exact) mass is 481 g/mol. The Morgan fingerprint density at radius 3 is 2.65 bits per heavy atom. The lowest BCUT2D eigenvalue weighted by atomic mass is 9.73. The molecule has 2 aliphatic rings. The van der Waals surface area contributed by atoms with E-state index >= 15 is 0 Å². The van der Waals surface area contributed by atoms with E-state index in [9.17, 15) is 9.59 Å². The molecule has 0 unspecified atom stereocenters. The number of hydrogen-bond acceptors (Lipinski definition) is 7. The molecule has 0 radical (unpaired) electrons. The van der Waals surface area contributed by atoms with Crippen molar-refractivity contribution in [1.82, 2.24) is 5.32 Å². The third kappa shape index (κ3) is 4.95. The van der Waals surface area contributed by atoms with Crippen LogP contribution in [0.3, 0.4) is 0 Å². The Kier molecular flexibility index (Phi) is 7.54. The summed E-state index contributed by atoms with van der Waals surface area (Å²) < 4.78 is 16.6. The van der Waals surface area contributed by atoms with Gasteiger partial charge in [-0.1, -0.05) is 24.3 Å². The molecule has 4 rings (SSSR count). The highest BCUT2D eigenvalue weighted by Gasteiger charge is 2.42. The fourth-order valence-electron chi connectivity index (χ4n) is 4.77. The van der Waals surface area contributed by atoms with Gasteiger partial charge in [-0.2, -0.15) is 0 Å². The number of hydrogen-bond donors (Lipinski definition) is 1. The van der Waals surface area contributed by atoms with Crippen molar-refractivity contribution in [3.05, 3.63) is 74.8 Å². The predicted octanol–water partition coefficient (Wildman–Crippen LogP) is 5.09. The van der Waals surface area contributed by atoms with Crippen LogP contribution in [-0.2, 0) is 19.1 Å². The second-order valence-corrected chi connectivity index (χ2v) is 9.81. The minimum atomic E-state index is -0.430. The van der Waals surface area contributed by atoms with Crippen LogP contribution in [0.25, 0.3) is 0 Å². The number of esters is 1. The van der Waals surface area contributed by atoms with E-state index < -0.39 is 11.9 Å². The largest absolute Gasteiger partial charge is 0.496 e. The van der Waals surface area contributed by atoms with Crippen LogP contribution in [0.4, 0.5) is 0 Å². The Labute approximate surface area is 204 Å². The number of carbonyl (C=O) groups is 2. The molecule has 7 heteroatoms. The first-order valence-corrected chi connectivity index (χ1v) is 12.5. The number of para-hydroxylation sites is 1. The third-order valence-corrected chi connectivity index (χ3v) is 7.16. The maximum atomic E-state index is 13.6. The van der Waals surface area contributed by atoms with Crippen LogP contribution in [0, 0.1) is 0 Å². The van der Waals surface area contributed by atoms with Crippen molar-refractivity contribution in [2.45, 2.75) is 51.6 Å². The molecule has 2 atom stereocenters. The van der Waals surface area contributed by atoms with Crippen LogP contribution >= 0.6 is 11.3 Å². The van der Waals surface area contributed by atoms with E-state index in [2.05, 4.69) is 5.32 Å². The molecule has 6 nitrogen and oxygen atoms in total. The first-order chi connectivity index (χ1) is 16.4. The number of rotatable bonds is 8. The number of dihydropyridines is 1. The van der Waals surface area contributed by atoms with Gasteiger partial charge in [-0.3, -0.25) is 4.79 Å². The van der Waals surface area contributed by atoms with Crippen molar-refractivity contribution in [1.29, 1.82) is 0 Å². The predicted molar refractivity (Wildman–Crippen MR) is 132 cm³/mol. The van der Waals surface area contributed by atoms with Gasteiger partial charge in [0.05, 0.1) is 31.3 Å². The maximum absolute atomic E-state index is 13.6. The van der Waals surface area contributed by atoms with Gasteiger partial charge in [-0.25, -0.2) is 4.79 Å². The topological polar surface area (TPSA) is 73.9 Å². The zero-order chi connectivity index (χ0) is 24.2. The summed E-state index contributed by atoms with van der Waals surface area (Å²) >= 11 is 1.55. The third-order valence-electron chi connectivity index (χ3n) is 6.22. The highest BCUT2D eigenvalue weighted by Crippen LogP contribution is 2.47. The summed E-state index contributed by atoms with van der Waals surface area (Å²) in [6.45, 7) is 6.25. The number of methoxy groups -OCH3 is 1. The molecule has 0 saturated carbocycles. The van der Waals surface area contributed by atoms with Gasteiger partial charge in [0.2, 0.25) is 0 Å². The lowest BCUT2D eigenvalue weighted by Gasteiger charge is -2.36. The summed E-state index contributed by atoms with van der Waals surface area (Å²) in [5.74, 6) is -0.00433. The summed E-state index contributed by atoms with van der Waals surface area (Å²) in [6, 6.07) is 11.8. The van der Waals surface area contributed by atoms with E-state index in [1.54, 1.807) is 18.4 Å². The molecule has 0 saturated heterocycles. The highest BCUT2D eigenvalue weighted by molar-refractivity contribution is 7.10. The number of thiophene rings is 1. The SMILES string of the molecule is COc1ccccc1[C@@H]1CC(=O)C2=C(C1)NC(C)=C(C(=O)OCCOC(C)C)[C@H]2c1cccs1. The average Bonchev–Trinajstić information content (AvgIpc) is 3.35. The Hall–Kier alpha value is -2.90. The molecule has 0 spiro atoms. The molecule has 34 heavy (non-hydrogen) atoms. The van der Waals surface area contributed by atoms with Gasteiger partial charge in [0.1, 0.15) is 12.4 Å². The Balaban J connectivity index is 1.65. The van der Waals surface area contributed by atoms with Gasteiger partial charge in [-0.15, -0.1) is 11.3 Å².